The number of ether oxygens (including phenoxy) is 1. The van der Waals surface area contributed by atoms with Crippen LogP contribution in [0.25, 0.3) is 10.3 Å². The Labute approximate surface area is 196 Å². The Kier molecular flexibility index (Phi) is 6.19. The van der Waals surface area contributed by atoms with Crippen LogP contribution in [0.4, 0.5) is 10.8 Å². The van der Waals surface area contributed by atoms with Gasteiger partial charge in [-0.2, -0.15) is 0 Å². The molecule has 0 spiro atoms. The monoisotopic (exact) mass is 459 g/mol. The Balaban J connectivity index is 1.32. The van der Waals surface area contributed by atoms with E-state index in [0.29, 0.717) is 0 Å². The van der Waals surface area contributed by atoms with E-state index in [2.05, 4.69) is 20.1 Å². The molecule has 1 saturated heterocycles. The van der Waals surface area contributed by atoms with Crippen molar-refractivity contribution in [3.05, 3.63) is 78.5 Å². The van der Waals surface area contributed by atoms with Gasteiger partial charge in [0.25, 0.3) is 0 Å². The van der Waals surface area contributed by atoms with Gasteiger partial charge in [-0.05, 0) is 42.0 Å². The predicted molar refractivity (Wildman–Crippen MR) is 132 cm³/mol. The van der Waals surface area contributed by atoms with E-state index in [1.807, 2.05) is 66.7 Å². The molecule has 0 bridgehead atoms. The lowest BCUT2D eigenvalue weighted by Crippen LogP contribution is -2.50. The highest BCUT2D eigenvalue weighted by molar-refractivity contribution is 7.21. The number of anilines is 2. The first-order valence-electron chi connectivity index (χ1n) is 10.9. The molecule has 2 aromatic carbocycles. The zero-order valence-electron chi connectivity index (χ0n) is 18.3. The third kappa shape index (κ3) is 4.67. The van der Waals surface area contributed by atoms with Crippen LogP contribution in [0.2, 0.25) is 0 Å². The molecule has 7 nitrogen and oxygen atoms in total. The molecule has 1 unspecified atom stereocenters. The summed E-state index contributed by atoms with van der Waals surface area (Å²) in [6.07, 6.45) is 1.80. The van der Waals surface area contributed by atoms with Crippen molar-refractivity contribution in [2.24, 2.45) is 0 Å². The molecule has 1 amide bonds. The third-order valence-corrected chi connectivity index (χ3v) is 6.87. The summed E-state index contributed by atoms with van der Waals surface area (Å²) in [4.78, 5) is 28.1. The maximum Gasteiger partial charge on any atom is 0.246 e. The van der Waals surface area contributed by atoms with Crippen molar-refractivity contribution in [2.45, 2.75) is 6.04 Å². The average Bonchev–Trinajstić information content (AvgIpc) is 3.30. The number of thiazole rings is 1. The Morgan fingerprint density at radius 2 is 1.76 bits per heavy atom. The minimum atomic E-state index is -0.368. The molecule has 8 heteroatoms. The Morgan fingerprint density at radius 3 is 2.45 bits per heavy atom. The van der Waals surface area contributed by atoms with Crippen LogP contribution in [-0.4, -0.2) is 54.1 Å². The van der Waals surface area contributed by atoms with E-state index in [0.717, 1.165) is 58.7 Å². The SMILES string of the molecule is COc1ccc(NC(=O)C(c2ccccc2)N2CCN(c3nc4cccnc4s3)CC2)cc1. The third-order valence-electron chi connectivity index (χ3n) is 5.83. The van der Waals surface area contributed by atoms with Gasteiger partial charge >= 0.3 is 0 Å². The fourth-order valence-corrected chi connectivity index (χ4v) is 5.07. The normalized spacial score (nSPS) is 15.4. The smallest absolute Gasteiger partial charge is 0.246 e. The van der Waals surface area contributed by atoms with E-state index < -0.39 is 0 Å². The van der Waals surface area contributed by atoms with Crippen LogP contribution in [0.1, 0.15) is 11.6 Å². The summed E-state index contributed by atoms with van der Waals surface area (Å²) in [6.45, 7) is 3.13. The molecule has 0 saturated carbocycles. The number of carbonyl (C=O) groups excluding carboxylic acids is 1. The largest absolute Gasteiger partial charge is 0.497 e. The minimum absolute atomic E-state index is 0.0380. The first-order chi connectivity index (χ1) is 16.2. The highest BCUT2D eigenvalue weighted by Gasteiger charge is 2.31. The number of pyridine rings is 1. The van der Waals surface area contributed by atoms with Crippen molar-refractivity contribution in [3.63, 3.8) is 0 Å². The van der Waals surface area contributed by atoms with E-state index in [9.17, 15) is 4.79 Å². The number of rotatable bonds is 6. The van der Waals surface area contributed by atoms with Crippen LogP contribution in [0, 0.1) is 0 Å². The number of nitrogens with zero attached hydrogens (tertiary/aromatic N) is 4. The summed E-state index contributed by atoms with van der Waals surface area (Å²) in [6, 6.07) is 20.9. The molecule has 0 radical (unpaired) electrons. The second-order valence-corrected chi connectivity index (χ2v) is 8.83. The number of aromatic nitrogens is 2. The molecule has 1 aliphatic heterocycles. The predicted octanol–water partition coefficient (Wildman–Crippen LogP) is 4.20. The van der Waals surface area contributed by atoms with E-state index in [1.54, 1.807) is 24.6 Å². The van der Waals surface area contributed by atoms with Gasteiger partial charge in [0.05, 0.1) is 7.11 Å². The van der Waals surface area contributed by atoms with E-state index in [4.69, 9.17) is 9.72 Å². The molecule has 1 atom stereocenters. The van der Waals surface area contributed by atoms with Crippen molar-refractivity contribution < 1.29 is 9.53 Å². The Morgan fingerprint density at radius 1 is 1.00 bits per heavy atom. The summed E-state index contributed by atoms with van der Waals surface area (Å²) in [5.74, 6) is 0.720. The average molecular weight is 460 g/mol. The number of hydrogen-bond donors (Lipinski definition) is 1. The number of benzene rings is 2. The van der Waals surface area contributed by atoms with E-state index in [-0.39, 0.29) is 11.9 Å². The van der Waals surface area contributed by atoms with Crippen molar-refractivity contribution in [1.82, 2.24) is 14.9 Å². The Bertz CT molecular complexity index is 1190. The van der Waals surface area contributed by atoms with Crippen LogP contribution in [-0.2, 0) is 4.79 Å². The van der Waals surface area contributed by atoms with Crippen molar-refractivity contribution >= 4 is 38.4 Å². The molecule has 4 aromatic rings. The molecule has 33 heavy (non-hydrogen) atoms. The van der Waals surface area contributed by atoms with Gasteiger partial charge in [-0.25, -0.2) is 9.97 Å². The fourth-order valence-electron chi connectivity index (χ4n) is 4.11. The van der Waals surface area contributed by atoms with Crippen LogP contribution >= 0.6 is 11.3 Å². The number of methoxy groups -OCH3 is 1. The summed E-state index contributed by atoms with van der Waals surface area (Å²) < 4.78 is 5.22. The zero-order chi connectivity index (χ0) is 22.6. The van der Waals surface area contributed by atoms with Crippen LogP contribution in [0.5, 0.6) is 5.75 Å². The van der Waals surface area contributed by atoms with E-state index in [1.165, 1.54) is 0 Å². The molecule has 5 rings (SSSR count). The van der Waals surface area contributed by atoms with Gasteiger partial charge in [0.2, 0.25) is 5.91 Å². The van der Waals surface area contributed by atoms with Crippen LogP contribution in [0.3, 0.4) is 0 Å². The molecule has 3 heterocycles. The molecule has 168 valence electrons. The number of nitrogens with one attached hydrogen (secondary N) is 1. The number of piperazine rings is 1. The Hall–Kier alpha value is -3.49. The molecular weight excluding hydrogens is 434 g/mol. The second-order valence-electron chi connectivity index (χ2n) is 7.88. The number of fused-ring (bicyclic) bond motifs is 1. The summed E-state index contributed by atoms with van der Waals surface area (Å²) >= 11 is 1.62. The van der Waals surface area contributed by atoms with Gasteiger partial charge in [-0.1, -0.05) is 41.7 Å². The molecule has 1 fully saturated rings. The molecule has 1 aliphatic rings. The quantitative estimate of drug-likeness (QED) is 0.466. The standard InChI is InChI=1S/C25H25N5O2S/c1-32-20-11-9-19(10-12-20)27-23(31)22(18-6-3-2-4-7-18)29-14-16-30(17-15-29)25-28-21-8-5-13-26-24(21)33-25/h2-13,22H,14-17H2,1H3,(H,27,31). The van der Waals surface area contributed by atoms with Crippen molar-refractivity contribution in [3.8, 4) is 5.75 Å². The van der Waals surface area contributed by atoms with E-state index >= 15 is 0 Å². The van der Waals surface area contributed by atoms with Gasteiger partial charge in [-0.15, -0.1) is 0 Å². The lowest BCUT2D eigenvalue weighted by atomic mass is 10.0. The van der Waals surface area contributed by atoms with Crippen molar-refractivity contribution in [2.75, 3.05) is 43.5 Å². The molecule has 2 aromatic heterocycles. The molecular formula is C25H25N5O2S. The lowest BCUT2D eigenvalue weighted by molar-refractivity contribution is -0.121. The first-order valence-corrected chi connectivity index (χ1v) is 11.7. The summed E-state index contributed by atoms with van der Waals surface area (Å²) in [7, 11) is 1.63. The topological polar surface area (TPSA) is 70.6 Å². The second kappa shape index (κ2) is 9.56. The van der Waals surface area contributed by atoms with Gasteiger partial charge in [0.1, 0.15) is 22.1 Å². The van der Waals surface area contributed by atoms with Gasteiger partial charge in [-0.3, -0.25) is 9.69 Å². The van der Waals surface area contributed by atoms with Gasteiger partial charge in [0, 0.05) is 38.1 Å². The molecule has 1 N–H and O–H groups in total. The maximum absolute atomic E-state index is 13.4. The number of amides is 1. The number of carbonyl (C=O) groups is 1. The lowest BCUT2D eigenvalue weighted by Gasteiger charge is -2.38. The van der Waals surface area contributed by atoms with Crippen LogP contribution < -0.4 is 15.0 Å². The van der Waals surface area contributed by atoms with Crippen LogP contribution in [0.15, 0.2) is 72.9 Å². The highest BCUT2D eigenvalue weighted by Crippen LogP contribution is 2.30. The summed E-state index contributed by atoms with van der Waals surface area (Å²) in [5.41, 5.74) is 2.67. The van der Waals surface area contributed by atoms with Gasteiger partial charge in [0.15, 0.2) is 5.13 Å². The molecule has 0 aliphatic carbocycles. The first kappa shape index (κ1) is 21.4. The number of hydrogen-bond acceptors (Lipinski definition) is 7. The van der Waals surface area contributed by atoms with Crippen molar-refractivity contribution in [1.29, 1.82) is 0 Å². The van der Waals surface area contributed by atoms with Gasteiger partial charge < -0.3 is 15.0 Å². The zero-order valence-corrected chi connectivity index (χ0v) is 19.2. The maximum atomic E-state index is 13.4. The summed E-state index contributed by atoms with van der Waals surface area (Å²) in [5, 5.41) is 4.07. The highest BCUT2D eigenvalue weighted by atomic mass is 32.1. The fraction of sp³-hybridized carbons (Fsp3) is 0.240. The minimum Gasteiger partial charge on any atom is -0.497 e.